The van der Waals surface area contributed by atoms with E-state index in [0.29, 0.717) is 0 Å². The number of aromatic nitrogens is 4. The molecule has 136 valence electrons. The fourth-order valence-electron chi connectivity index (χ4n) is 2.46. The van der Waals surface area contributed by atoms with Crippen LogP contribution in [0.25, 0.3) is 0 Å². The van der Waals surface area contributed by atoms with Crippen molar-refractivity contribution in [1.82, 2.24) is 19.1 Å². The molecular formula is C12H16N6O6S. The first-order chi connectivity index (χ1) is 11.7. The van der Waals surface area contributed by atoms with Gasteiger partial charge >= 0.3 is 11.6 Å². The molecule has 12 nitrogen and oxygen atoms in total. The van der Waals surface area contributed by atoms with Crippen LogP contribution in [-0.2, 0) is 34.4 Å². The highest BCUT2D eigenvalue weighted by atomic mass is 32.2. The standard InChI is InChI=1S/C12H16N6O6S/c1-3-15-9(13-5-11(15)17(19)20)7-25(23,24)8-10-14-6-12(18(21)22)16(10)4-2/h5-6H,3-4,7-8H2,1-2H3. The summed E-state index contributed by atoms with van der Waals surface area (Å²) >= 11 is 0. The highest BCUT2D eigenvalue weighted by molar-refractivity contribution is 7.89. The molecule has 13 heteroatoms. The first kappa shape index (κ1) is 18.5. The Hall–Kier alpha value is -2.83. The summed E-state index contributed by atoms with van der Waals surface area (Å²) in [6.45, 7) is 3.66. The van der Waals surface area contributed by atoms with Crippen LogP contribution < -0.4 is 0 Å². The first-order valence-electron chi connectivity index (χ1n) is 7.28. The number of hydrogen-bond acceptors (Lipinski definition) is 8. The predicted molar refractivity (Wildman–Crippen MR) is 85.4 cm³/mol. The Kier molecular flexibility index (Phi) is 5.15. The largest absolute Gasteiger partial charge is 0.358 e. The molecule has 2 rings (SSSR count). The molecule has 2 aromatic rings. The van der Waals surface area contributed by atoms with E-state index in [-0.39, 0.29) is 36.4 Å². The summed E-state index contributed by atoms with van der Waals surface area (Å²) < 4.78 is 27.2. The van der Waals surface area contributed by atoms with Gasteiger partial charge in [0.2, 0.25) is 11.6 Å². The molecule has 0 fully saturated rings. The van der Waals surface area contributed by atoms with Gasteiger partial charge in [0.1, 0.15) is 23.9 Å². The van der Waals surface area contributed by atoms with Gasteiger partial charge in [0.25, 0.3) is 0 Å². The molecular weight excluding hydrogens is 356 g/mol. The molecule has 0 aliphatic carbocycles. The quantitative estimate of drug-likeness (QED) is 0.491. The molecule has 0 aliphatic rings. The fraction of sp³-hybridized carbons (Fsp3) is 0.500. The molecule has 0 saturated carbocycles. The summed E-state index contributed by atoms with van der Waals surface area (Å²) in [4.78, 5) is 28.2. The third kappa shape index (κ3) is 3.81. The van der Waals surface area contributed by atoms with Crippen LogP contribution in [0.3, 0.4) is 0 Å². The van der Waals surface area contributed by atoms with Gasteiger partial charge in [0.05, 0.1) is 13.1 Å². The summed E-state index contributed by atoms with van der Waals surface area (Å²) in [5.41, 5.74) is 0. The zero-order valence-electron chi connectivity index (χ0n) is 13.5. The summed E-state index contributed by atoms with van der Waals surface area (Å²) in [5.74, 6) is -1.56. The van der Waals surface area contributed by atoms with Gasteiger partial charge in [-0.2, -0.15) is 0 Å². The van der Waals surface area contributed by atoms with Gasteiger partial charge < -0.3 is 20.2 Å². The van der Waals surface area contributed by atoms with E-state index < -0.39 is 31.2 Å². The second kappa shape index (κ2) is 6.96. The van der Waals surface area contributed by atoms with E-state index in [1.807, 2.05) is 0 Å². The van der Waals surface area contributed by atoms with Crippen molar-refractivity contribution in [3.05, 3.63) is 44.3 Å². The number of nitro groups is 2. The Balaban J connectivity index is 2.30. The number of hydrogen-bond donors (Lipinski definition) is 0. The van der Waals surface area contributed by atoms with Gasteiger partial charge in [0, 0.05) is 0 Å². The minimum Gasteiger partial charge on any atom is -0.358 e. The lowest BCUT2D eigenvalue weighted by molar-refractivity contribution is -0.392. The highest BCUT2D eigenvalue weighted by Gasteiger charge is 2.28. The van der Waals surface area contributed by atoms with E-state index in [0.717, 1.165) is 12.4 Å². The van der Waals surface area contributed by atoms with E-state index in [2.05, 4.69) is 9.97 Å². The van der Waals surface area contributed by atoms with Gasteiger partial charge in [-0.05, 0) is 23.7 Å². The molecule has 0 aliphatic heterocycles. The molecule has 0 atom stereocenters. The zero-order chi connectivity index (χ0) is 18.8. The van der Waals surface area contributed by atoms with Crippen LogP contribution in [0, 0.1) is 20.2 Å². The van der Waals surface area contributed by atoms with E-state index in [1.165, 1.54) is 9.13 Å². The van der Waals surface area contributed by atoms with Crippen LogP contribution in [0.4, 0.5) is 11.6 Å². The molecule has 0 radical (unpaired) electrons. The van der Waals surface area contributed by atoms with E-state index in [4.69, 9.17) is 0 Å². The van der Waals surface area contributed by atoms with Crippen molar-refractivity contribution in [2.45, 2.75) is 38.4 Å². The maximum Gasteiger partial charge on any atom is 0.342 e. The second-order valence-electron chi connectivity index (χ2n) is 5.10. The average Bonchev–Trinajstić information content (AvgIpc) is 3.09. The van der Waals surface area contributed by atoms with Crippen molar-refractivity contribution < 1.29 is 18.3 Å². The Morgan fingerprint density at radius 2 is 1.28 bits per heavy atom. The van der Waals surface area contributed by atoms with Crippen LogP contribution >= 0.6 is 0 Å². The van der Waals surface area contributed by atoms with Crippen molar-refractivity contribution in [3.63, 3.8) is 0 Å². The lowest BCUT2D eigenvalue weighted by Gasteiger charge is -2.04. The van der Waals surface area contributed by atoms with Crippen molar-refractivity contribution >= 4 is 21.5 Å². The zero-order valence-corrected chi connectivity index (χ0v) is 14.3. The maximum absolute atomic E-state index is 12.4. The van der Waals surface area contributed by atoms with Crippen LogP contribution in [-0.4, -0.2) is 37.4 Å². The summed E-state index contributed by atoms with van der Waals surface area (Å²) in [6.07, 6.45) is 2.01. The lowest BCUT2D eigenvalue weighted by atomic mass is 10.6. The molecule has 0 saturated heterocycles. The average molecular weight is 372 g/mol. The van der Waals surface area contributed by atoms with Crippen LogP contribution in [0.5, 0.6) is 0 Å². The minimum atomic E-state index is -3.79. The lowest BCUT2D eigenvalue weighted by Crippen LogP contribution is -2.16. The normalized spacial score (nSPS) is 11.6. The summed E-state index contributed by atoms with van der Waals surface area (Å²) in [7, 11) is -3.79. The molecule has 2 aromatic heterocycles. The van der Waals surface area contributed by atoms with Crippen molar-refractivity contribution in [2.24, 2.45) is 0 Å². The highest BCUT2D eigenvalue weighted by Crippen LogP contribution is 2.20. The third-order valence-corrected chi connectivity index (χ3v) is 4.93. The number of rotatable bonds is 8. The summed E-state index contributed by atoms with van der Waals surface area (Å²) in [5, 5.41) is 21.8. The number of nitrogens with zero attached hydrogens (tertiary/aromatic N) is 6. The molecule has 0 aromatic carbocycles. The predicted octanol–water partition coefficient (Wildman–Crippen LogP) is 1.05. The third-order valence-electron chi connectivity index (χ3n) is 3.54. The van der Waals surface area contributed by atoms with Crippen LogP contribution in [0.2, 0.25) is 0 Å². The van der Waals surface area contributed by atoms with Crippen molar-refractivity contribution in [1.29, 1.82) is 0 Å². The Morgan fingerprint density at radius 1 is 0.920 bits per heavy atom. The number of sulfone groups is 1. The molecule has 0 bridgehead atoms. The van der Waals surface area contributed by atoms with Gasteiger partial charge in [0.15, 0.2) is 9.84 Å². The molecule has 0 unspecified atom stereocenters. The molecule has 2 heterocycles. The Morgan fingerprint density at radius 3 is 1.56 bits per heavy atom. The molecule has 0 amide bonds. The number of imidazole rings is 2. The Bertz CT molecular complexity index is 846. The monoisotopic (exact) mass is 372 g/mol. The van der Waals surface area contributed by atoms with Gasteiger partial charge in [-0.1, -0.05) is 0 Å². The molecule has 0 N–H and O–H groups in total. The van der Waals surface area contributed by atoms with E-state index in [1.54, 1.807) is 13.8 Å². The molecule has 0 spiro atoms. The second-order valence-corrected chi connectivity index (χ2v) is 7.16. The molecule has 25 heavy (non-hydrogen) atoms. The van der Waals surface area contributed by atoms with Gasteiger partial charge in [-0.25, -0.2) is 27.5 Å². The maximum atomic E-state index is 12.4. The van der Waals surface area contributed by atoms with Crippen LogP contribution in [0.15, 0.2) is 12.4 Å². The first-order valence-corrected chi connectivity index (χ1v) is 9.10. The summed E-state index contributed by atoms with van der Waals surface area (Å²) in [6, 6.07) is 0. The Labute approximate surface area is 142 Å². The van der Waals surface area contributed by atoms with E-state index >= 15 is 0 Å². The minimum absolute atomic E-state index is 0.0401. The van der Waals surface area contributed by atoms with Crippen LogP contribution in [0.1, 0.15) is 25.5 Å². The fourth-order valence-corrected chi connectivity index (χ4v) is 3.81. The topological polar surface area (TPSA) is 156 Å². The van der Waals surface area contributed by atoms with Crippen molar-refractivity contribution in [3.8, 4) is 0 Å². The smallest absolute Gasteiger partial charge is 0.342 e. The van der Waals surface area contributed by atoms with Gasteiger partial charge in [-0.15, -0.1) is 0 Å². The van der Waals surface area contributed by atoms with E-state index in [9.17, 15) is 28.6 Å². The van der Waals surface area contributed by atoms with Crippen molar-refractivity contribution in [2.75, 3.05) is 0 Å². The van der Waals surface area contributed by atoms with Gasteiger partial charge in [-0.3, -0.25) is 0 Å². The SMILES string of the molecule is CCn1c([N+](=O)[O-])cnc1CS(=O)(=O)Cc1ncc([N+](=O)[O-])n1CC.